The number of carbonyl (C=O) groups is 1. The minimum atomic E-state index is 0.0186. The van der Waals surface area contributed by atoms with Crippen LogP contribution in [0.3, 0.4) is 0 Å². The molecular formula is C14H29N3O. The molecule has 0 saturated carbocycles. The number of amides is 1. The van der Waals surface area contributed by atoms with Gasteiger partial charge in [-0.2, -0.15) is 0 Å². The molecule has 2 atom stereocenters. The van der Waals surface area contributed by atoms with Crippen molar-refractivity contribution >= 4 is 5.91 Å². The van der Waals surface area contributed by atoms with E-state index in [2.05, 4.69) is 52.0 Å². The highest BCUT2D eigenvalue weighted by Crippen LogP contribution is 2.24. The van der Waals surface area contributed by atoms with Crippen molar-refractivity contribution in [1.82, 2.24) is 15.1 Å². The van der Waals surface area contributed by atoms with Gasteiger partial charge in [0.1, 0.15) is 0 Å². The summed E-state index contributed by atoms with van der Waals surface area (Å²) in [6.07, 6.45) is 2.06. The van der Waals surface area contributed by atoms with Crippen molar-refractivity contribution in [3.05, 3.63) is 0 Å². The summed E-state index contributed by atoms with van der Waals surface area (Å²) < 4.78 is 0. The maximum atomic E-state index is 12.3. The van der Waals surface area contributed by atoms with Crippen LogP contribution in [0.25, 0.3) is 0 Å². The molecule has 1 amide bonds. The molecule has 1 aliphatic rings. The summed E-state index contributed by atoms with van der Waals surface area (Å²) in [6, 6.07) is 0.0186. The topological polar surface area (TPSA) is 35.6 Å². The Hall–Kier alpha value is -0.610. The Bertz CT molecular complexity index is 289. The lowest BCUT2D eigenvalue weighted by Gasteiger charge is -2.35. The third-order valence-electron chi connectivity index (χ3n) is 3.49. The highest BCUT2D eigenvalue weighted by molar-refractivity contribution is 5.84. The largest absolute Gasteiger partial charge is 0.325 e. The van der Waals surface area contributed by atoms with E-state index in [4.69, 9.17) is 0 Å². The number of hydrogen-bond acceptors (Lipinski definition) is 3. The zero-order valence-electron chi connectivity index (χ0n) is 12.8. The second kappa shape index (κ2) is 6.02. The van der Waals surface area contributed by atoms with Crippen LogP contribution in [0.4, 0.5) is 0 Å². The standard InChI is InChI=1S/C14H29N3O/c1-7-11-13(18)17(12(8-2)15-11)10-14(3,4)9-16(5)6/h11-12,15H,7-10H2,1-6H3. The predicted molar refractivity (Wildman–Crippen MR) is 75.3 cm³/mol. The number of nitrogens with one attached hydrogen (secondary N) is 1. The average Bonchev–Trinajstić information content (AvgIpc) is 2.53. The number of hydrogen-bond donors (Lipinski definition) is 1. The zero-order valence-corrected chi connectivity index (χ0v) is 12.8. The van der Waals surface area contributed by atoms with Crippen LogP contribution in [-0.2, 0) is 4.79 Å². The molecule has 0 aromatic carbocycles. The van der Waals surface area contributed by atoms with Crippen LogP contribution in [0.1, 0.15) is 40.5 Å². The summed E-state index contributed by atoms with van der Waals surface area (Å²) in [5.41, 5.74) is 0.122. The third kappa shape index (κ3) is 3.69. The quantitative estimate of drug-likeness (QED) is 0.781. The molecule has 1 saturated heterocycles. The maximum absolute atomic E-state index is 12.3. The maximum Gasteiger partial charge on any atom is 0.241 e. The summed E-state index contributed by atoms with van der Waals surface area (Å²) in [5, 5.41) is 3.43. The molecule has 106 valence electrons. The van der Waals surface area contributed by atoms with Crippen molar-refractivity contribution in [3.63, 3.8) is 0 Å². The van der Waals surface area contributed by atoms with Gasteiger partial charge in [0.2, 0.25) is 5.91 Å². The summed E-state index contributed by atoms with van der Waals surface area (Å²) >= 11 is 0. The molecule has 0 aliphatic carbocycles. The molecule has 2 unspecified atom stereocenters. The Kier molecular flexibility index (Phi) is 5.17. The number of carbonyl (C=O) groups excluding carboxylic acids is 1. The fourth-order valence-electron chi connectivity index (χ4n) is 2.93. The second-order valence-electron chi connectivity index (χ2n) is 6.42. The Labute approximate surface area is 112 Å². The molecule has 18 heavy (non-hydrogen) atoms. The SMILES string of the molecule is CCC1NC(CC)N(CC(C)(C)CN(C)C)C1=O. The van der Waals surface area contributed by atoms with E-state index in [0.29, 0.717) is 0 Å². The first-order valence-electron chi connectivity index (χ1n) is 7.02. The molecule has 0 aromatic heterocycles. The van der Waals surface area contributed by atoms with E-state index >= 15 is 0 Å². The molecule has 1 aliphatic heterocycles. The van der Waals surface area contributed by atoms with Crippen LogP contribution >= 0.6 is 0 Å². The van der Waals surface area contributed by atoms with Gasteiger partial charge in [-0.3, -0.25) is 10.1 Å². The number of rotatable bonds is 6. The molecule has 0 bridgehead atoms. The van der Waals surface area contributed by atoms with Gasteiger partial charge in [-0.05, 0) is 32.4 Å². The van der Waals surface area contributed by atoms with E-state index in [0.717, 1.165) is 25.9 Å². The summed E-state index contributed by atoms with van der Waals surface area (Å²) in [5.74, 6) is 0.274. The summed E-state index contributed by atoms with van der Waals surface area (Å²) in [7, 11) is 4.16. The fraction of sp³-hybridized carbons (Fsp3) is 0.929. The van der Waals surface area contributed by atoms with E-state index in [1.165, 1.54) is 0 Å². The van der Waals surface area contributed by atoms with Gasteiger partial charge >= 0.3 is 0 Å². The first-order valence-corrected chi connectivity index (χ1v) is 7.02. The van der Waals surface area contributed by atoms with Gasteiger partial charge in [-0.1, -0.05) is 27.7 Å². The Morgan fingerprint density at radius 3 is 2.33 bits per heavy atom. The van der Waals surface area contributed by atoms with Gasteiger partial charge in [0, 0.05) is 13.1 Å². The third-order valence-corrected chi connectivity index (χ3v) is 3.49. The first-order chi connectivity index (χ1) is 8.30. The molecule has 1 rings (SSSR count). The van der Waals surface area contributed by atoms with Crippen molar-refractivity contribution in [2.24, 2.45) is 5.41 Å². The molecule has 0 radical (unpaired) electrons. The molecule has 4 heteroatoms. The minimum absolute atomic E-state index is 0.0186. The van der Waals surface area contributed by atoms with Crippen molar-refractivity contribution in [2.45, 2.75) is 52.7 Å². The summed E-state index contributed by atoms with van der Waals surface area (Å²) in [4.78, 5) is 16.5. The average molecular weight is 255 g/mol. The monoisotopic (exact) mass is 255 g/mol. The molecule has 0 spiro atoms. The Morgan fingerprint density at radius 2 is 1.89 bits per heavy atom. The normalized spacial score (nSPS) is 25.3. The van der Waals surface area contributed by atoms with Gasteiger partial charge in [0.15, 0.2) is 0 Å². The lowest BCUT2D eigenvalue weighted by Crippen LogP contribution is -2.45. The lowest BCUT2D eigenvalue weighted by atomic mass is 9.92. The molecular weight excluding hydrogens is 226 g/mol. The van der Waals surface area contributed by atoms with Crippen LogP contribution < -0.4 is 5.32 Å². The van der Waals surface area contributed by atoms with Crippen LogP contribution in [0.2, 0.25) is 0 Å². The van der Waals surface area contributed by atoms with Crippen molar-refractivity contribution in [1.29, 1.82) is 0 Å². The van der Waals surface area contributed by atoms with Crippen molar-refractivity contribution in [2.75, 3.05) is 27.2 Å². The van der Waals surface area contributed by atoms with E-state index in [9.17, 15) is 4.79 Å². The molecule has 1 fully saturated rings. The van der Waals surface area contributed by atoms with Crippen molar-refractivity contribution in [3.8, 4) is 0 Å². The van der Waals surface area contributed by atoms with Crippen molar-refractivity contribution < 1.29 is 4.79 Å². The zero-order chi connectivity index (χ0) is 13.9. The second-order valence-corrected chi connectivity index (χ2v) is 6.42. The van der Waals surface area contributed by atoms with Crippen LogP contribution in [0.15, 0.2) is 0 Å². The van der Waals surface area contributed by atoms with Gasteiger partial charge in [0.05, 0.1) is 12.2 Å². The van der Waals surface area contributed by atoms with Gasteiger partial charge in [0.25, 0.3) is 0 Å². The van der Waals surface area contributed by atoms with Gasteiger partial charge in [-0.25, -0.2) is 0 Å². The minimum Gasteiger partial charge on any atom is -0.325 e. The fourth-order valence-corrected chi connectivity index (χ4v) is 2.93. The van der Waals surface area contributed by atoms with Crippen LogP contribution in [0, 0.1) is 5.41 Å². The van der Waals surface area contributed by atoms with Gasteiger partial charge in [-0.15, -0.1) is 0 Å². The highest BCUT2D eigenvalue weighted by atomic mass is 16.2. The van der Waals surface area contributed by atoms with E-state index in [-0.39, 0.29) is 23.5 Å². The Balaban J connectivity index is 2.72. The lowest BCUT2D eigenvalue weighted by molar-refractivity contribution is -0.131. The highest BCUT2D eigenvalue weighted by Gasteiger charge is 2.39. The van der Waals surface area contributed by atoms with E-state index in [1.54, 1.807) is 0 Å². The molecule has 1 N–H and O–H groups in total. The molecule has 1 heterocycles. The molecule has 4 nitrogen and oxygen atoms in total. The smallest absolute Gasteiger partial charge is 0.241 e. The van der Waals surface area contributed by atoms with Crippen LogP contribution in [0.5, 0.6) is 0 Å². The van der Waals surface area contributed by atoms with E-state index in [1.807, 2.05) is 4.90 Å². The number of nitrogens with zero attached hydrogens (tertiary/aromatic N) is 2. The van der Waals surface area contributed by atoms with Gasteiger partial charge < -0.3 is 9.80 Å². The van der Waals surface area contributed by atoms with Crippen LogP contribution in [-0.4, -0.2) is 55.1 Å². The Morgan fingerprint density at radius 1 is 1.28 bits per heavy atom. The summed E-state index contributed by atoms with van der Waals surface area (Å²) in [6.45, 7) is 10.5. The first kappa shape index (κ1) is 15.4. The van der Waals surface area contributed by atoms with E-state index < -0.39 is 0 Å². The molecule has 0 aromatic rings. The predicted octanol–water partition coefficient (Wildman–Crippen LogP) is 1.52.